The maximum atomic E-state index is 10.8. The number of nitrogens with zero attached hydrogens (tertiary/aromatic N) is 1. The average molecular weight is 261 g/mol. The van der Waals surface area contributed by atoms with Crippen LogP contribution in [0.3, 0.4) is 0 Å². The Morgan fingerprint density at radius 2 is 2.33 bits per heavy atom. The molecular formula is C5H9ClINO. The molecule has 0 radical (unpaired) electrons. The van der Waals surface area contributed by atoms with E-state index in [4.69, 9.17) is 11.6 Å². The van der Waals surface area contributed by atoms with Gasteiger partial charge in [0.05, 0.1) is 22.9 Å². The van der Waals surface area contributed by atoms with Crippen molar-refractivity contribution in [1.82, 2.24) is 3.11 Å². The summed E-state index contributed by atoms with van der Waals surface area (Å²) in [7, 11) is 0. The average Bonchev–Trinajstić information content (AvgIpc) is 1.87. The predicted molar refractivity (Wildman–Crippen MR) is 46.5 cm³/mol. The minimum atomic E-state index is 0.105. The van der Waals surface area contributed by atoms with E-state index in [1.165, 1.54) is 3.11 Å². The molecule has 0 aliphatic carbocycles. The van der Waals surface area contributed by atoms with Gasteiger partial charge in [-0.2, -0.15) is 0 Å². The summed E-state index contributed by atoms with van der Waals surface area (Å²) in [5, 5.41) is 0. The lowest BCUT2D eigenvalue weighted by Crippen LogP contribution is -2.18. The molecule has 0 heterocycles. The molecule has 0 bridgehead atoms. The SMILES string of the molecule is CCCC(=O)N(I)CCl. The first-order valence-electron chi connectivity index (χ1n) is 2.74. The second-order valence-corrected chi connectivity index (χ2v) is 3.03. The highest BCUT2D eigenvalue weighted by molar-refractivity contribution is 14.1. The number of hydrogen-bond donors (Lipinski definition) is 0. The quantitative estimate of drug-likeness (QED) is 0.330. The van der Waals surface area contributed by atoms with Gasteiger partial charge in [0.25, 0.3) is 0 Å². The van der Waals surface area contributed by atoms with Crippen LogP contribution in [0.25, 0.3) is 0 Å². The Hall–Kier alpha value is 0.490. The van der Waals surface area contributed by atoms with Crippen LogP contribution in [0.2, 0.25) is 0 Å². The van der Waals surface area contributed by atoms with Crippen molar-refractivity contribution in [2.24, 2.45) is 0 Å². The number of rotatable bonds is 3. The molecule has 0 spiro atoms. The van der Waals surface area contributed by atoms with Gasteiger partial charge in [-0.3, -0.25) is 7.91 Å². The van der Waals surface area contributed by atoms with E-state index in [2.05, 4.69) is 0 Å². The van der Waals surface area contributed by atoms with Crippen LogP contribution in [0.5, 0.6) is 0 Å². The van der Waals surface area contributed by atoms with Gasteiger partial charge in [-0.05, 0) is 6.42 Å². The smallest absolute Gasteiger partial charge is 0.232 e. The number of carbonyl (C=O) groups is 1. The molecule has 0 rings (SSSR count). The molecule has 0 N–H and O–H groups in total. The van der Waals surface area contributed by atoms with Crippen LogP contribution in [0.4, 0.5) is 0 Å². The van der Waals surface area contributed by atoms with Gasteiger partial charge in [0, 0.05) is 6.42 Å². The maximum Gasteiger partial charge on any atom is 0.232 e. The molecule has 0 aliphatic heterocycles. The highest BCUT2D eigenvalue weighted by Gasteiger charge is 2.05. The van der Waals surface area contributed by atoms with Crippen LogP contribution in [0, 0.1) is 0 Å². The summed E-state index contributed by atoms with van der Waals surface area (Å²) < 4.78 is 1.48. The zero-order valence-electron chi connectivity index (χ0n) is 5.23. The van der Waals surface area contributed by atoms with Crippen molar-refractivity contribution in [3.05, 3.63) is 0 Å². The van der Waals surface area contributed by atoms with Crippen molar-refractivity contribution >= 4 is 40.4 Å². The largest absolute Gasteiger partial charge is 0.274 e. The number of halogens is 2. The van der Waals surface area contributed by atoms with Gasteiger partial charge in [0.15, 0.2) is 0 Å². The number of amides is 1. The zero-order chi connectivity index (χ0) is 7.28. The van der Waals surface area contributed by atoms with Crippen molar-refractivity contribution in [3.8, 4) is 0 Å². The van der Waals surface area contributed by atoms with E-state index in [0.717, 1.165) is 6.42 Å². The number of carbonyl (C=O) groups excluding carboxylic acids is 1. The highest BCUT2D eigenvalue weighted by atomic mass is 127. The highest BCUT2D eigenvalue weighted by Crippen LogP contribution is 2.04. The summed E-state index contributed by atoms with van der Waals surface area (Å²) >= 11 is 7.29. The molecule has 4 heteroatoms. The fourth-order valence-electron chi connectivity index (χ4n) is 0.402. The number of hydrogen-bond acceptors (Lipinski definition) is 1. The van der Waals surface area contributed by atoms with E-state index in [0.29, 0.717) is 6.42 Å². The summed E-state index contributed by atoms with van der Waals surface area (Å²) in [5.74, 6) is 0.105. The molecule has 0 aliphatic rings. The summed E-state index contributed by atoms with van der Waals surface area (Å²) in [6.45, 7) is 1.97. The van der Waals surface area contributed by atoms with Crippen LogP contribution in [-0.4, -0.2) is 15.0 Å². The molecule has 2 nitrogen and oxygen atoms in total. The molecule has 9 heavy (non-hydrogen) atoms. The van der Waals surface area contributed by atoms with Crippen LogP contribution in [0.15, 0.2) is 0 Å². The Bertz CT molecular complexity index is 99.0. The molecule has 0 aromatic heterocycles. The lowest BCUT2D eigenvalue weighted by molar-refractivity contribution is -0.124. The van der Waals surface area contributed by atoms with Crippen LogP contribution < -0.4 is 0 Å². The molecule has 0 fully saturated rings. The summed E-state index contributed by atoms with van der Waals surface area (Å²) in [6, 6.07) is 0.277. The van der Waals surface area contributed by atoms with Gasteiger partial charge < -0.3 is 0 Å². The fraction of sp³-hybridized carbons (Fsp3) is 0.800. The summed E-state index contributed by atoms with van der Waals surface area (Å²) in [4.78, 5) is 10.8. The summed E-state index contributed by atoms with van der Waals surface area (Å²) in [5.41, 5.74) is 0. The second kappa shape index (κ2) is 5.29. The molecule has 0 aromatic rings. The van der Waals surface area contributed by atoms with E-state index in [1.807, 2.05) is 29.8 Å². The van der Waals surface area contributed by atoms with E-state index in [1.54, 1.807) is 0 Å². The topological polar surface area (TPSA) is 20.3 Å². The lowest BCUT2D eigenvalue weighted by atomic mass is 10.3. The van der Waals surface area contributed by atoms with Crippen molar-refractivity contribution < 1.29 is 4.79 Å². The molecule has 54 valence electrons. The van der Waals surface area contributed by atoms with Gasteiger partial charge in [0.2, 0.25) is 5.91 Å². The first-order chi connectivity index (χ1) is 4.22. The Morgan fingerprint density at radius 3 is 2.67 bits per heavy atom. The van der Waals surface area contributed by atoms with Gasteiger partial charge in [0.1, 0.15) is 6.00 Å². The van der Waals surface area contributed by atoms with Gasteiger partial charge >= 0.3 is 0 Å². The van der Waals surface area contributed by atoms with Gasteiger partial charge in [-0.1, -0.05) is 6.92 Å². The van der Waals surface area contributed by atoms with Crippen LogP contribution in [-0.2, 0) is 4.79 Å². The summed E-state index contributed by atoms with van der Waals surface area (Å²) in [6.07, 6.45) is 1.48. The Labute approximate surface area is 74.0 Å². The van der Waals surface area contributed by atoms with Crippen LogP contribution >= 0.6 is 34.5 Å². The maximum absolute atomic E-state index is 10.8. The van der Waals surface area contributed by atoms with Crippen molar-refractivity contribution in [3.63, 3.8) is 0 Å². The van der Waals surface area contributed by atoms with E-state index < -0.39 is 0 Å². The lowest BCUT2D eigenvalue weighted by Gasteiger charge is -2.08. The monoisotopic (exact) mass is 261 g/mol. The standard InChI is InChI=1S/C5H9ClINO/c1-2-3-5(9)8(7)4-6/h2-4H2,1H3. The third kappa shape index (κ3) is 3.97. The Morgan fingerprint density at radius 1 is 1.78 bits per heavy atom. The fourth-order valence-corrected chi connectivity index (χ4v) is 0.776. The Balaban J connectivity index is 3.46. The first-order valence-corrected chi connectivity index (χ1v) is 4.24. The normalized spacial score (nSPS) is 9.22. The third-order valence-electron chi connectivity index (χ3n) is 0.839. The third-order valence-corrected chi connectivity index (χ3v) is 2.36. The van der Waals surface area contributed by atoms with Gasteiger partial charge in [-0.25, -0.2) is 0 Å². The van der Waals surface area contributed by atoms with Crippen LogP contribution in [0.1, 0.15) is 19.8 Å². The molecule has 0 saturated carbocycles. The second-order valence-electron chi connectivity index (χ2n) is 1.63. The van der Waals surface area contributed by atoms with E-state index in [-0.39, 0.29) is 11.9 Å². The van der Waals surface area contributed by atoms with E-state index in [9.17, 15) is 4.79 Å². The Kier molecular flexibility index (Phi) is 5.58. The minimum absolute atomic E-state index is 0.105. The molecule has 0 atom stereocenters. The predicted octanol–water partition coefficient (Wildman–Crippen LogP) is 2.16. The minimum Gasteiger partial charge on any atom is -0.274 e. The molecule has 0 aromatic carbocycles. The molecule has 0 unspecified atom stereocenters. The van der Waals surface area contributed by atoms with Gasteiger partial charge in [-0.15, -0.1) is 11.6 Å². The number of alkyl halides is 1. The first kappa shape index (κ1) is 9.49. The van der Waals surface area contributed by atoms with Crippen molar-refractivity contribution in [2.75, 3.05) is 6.00 Å². The van der Waals surface area contributed by atoms with Crippen molar-refractivity contribution in [1.29, 1.82) is 0 Å². The van der Waals surface area contributed by atoms with Crippen molar-refractivity contribution in [2.45, 2.75) is 19.8 Å². The van der Waals surface area contributed by atoms with E-state index >= 15 is 0 Å². The molecule has 0 saturated heterocycles. The molecule has 1 amide bonds. The zero-order valence-corrected chi connectivity index (χ0v) is 8.15. The molecular weight excluding hydrogens is 252 g/mol.